The molecule has 0 N–H and O–H groups in total. The third kappa shape index (κ3) is 8.96. The Labute approximate surface area is 129 Å². The summed E-state index contributed by atoms with van der Waals surface area (Å²) >= 11 is 0. The molecule has 124 valence electrons. The van der Waals surface area contributed by atoms with Gasteiger partial charge in [0, 0.05) is 11.0 Å². The van der Waals surface area contributed by atoms with Crippen molar-refractivity contribution in [3.63, 3.8) is 0 Å². The summed E-state index contributed by atoms with van der Waals surface area (Å²) in [5, 5.41) is 3.88. The van der Waals surface area contributed by atoms with Crippen LogP contribution >= 0.6 is 0 Å². The minimum absolute atomic E-state index is 0.0234. The first-order valence-electron chi connectivity index (χ1n) is 7.88. The van der Waals surface area contributed by atoms with E-state index >= 15 is 0 Å². The number of nitrogens with zero attached hydrogens (tertiary/aromatic N) is 3. The van der Waals surface area contributed by atoms with Crippen molar-refractivity contribution >= 4 is 10.1 Å². The molecule has 0 aliphatic heterocycles. The van der Waals surface area contributed by atoms with E-state index in [2.05, 4.69) is 10.0 Å². The van der Waals surface area contributed by atoms with Crippen molar-refractivity contribution in [2.75, 3.05) is 6.26 Å². The summed E-state index contributed by atoms with van der Waals surface area (Å²) in [5.41, 5.74) is 8.64. The maximum absolute atomic E-state index is 11.2. The molecule has 6 nitrogen and oxygen atoms in total. The maximum atomic E-state index is 11.2. The summed E-state index contributed by atoms with van der Waals surface area (Å²) in [7, 11) is -3.43. The Hall–Kier alpha value is -0.780. The van der Waals surface area contributed by atoms with Crippen LogP contribution in [-0.4, -0.2) is 26.8 Å². The molecular formula is C14H29N3O3S. The van der Waals surface area contributed by atoms with Crippen LogP contribution < -0.4 is 0 Å². The molecule has 1 saturated carbocycles. The topological polar surface area (TPSA) is 92.1 Å². The van der Waals surface area contributed by atoms with Gasteiger partial charge in [0.05, 0.1) is 12.4 Å². The molecule has 0 aromatic heterocycles. The quantitative estimate of drug-likeness (QED) is 0.238. The average molecular weight is 319 g/mol. The summed E-state index contributed by atoms with van der Waals surface area (Å²) in [4.78, 5) is 2.92. The highest BCUT2D eigenvalue weighted by molar-refractivity contribution is 7.86. The third-order valence-electron chi connectivity index (χ3n) is 3.65. The molecule has 21 heavy (non-hydrogen) atoms. The first kappa shape index (κ1) is 20.2. The third-order valence-corrected chi connectivity index (χ3v) is 4.27. The van der Waals surface area contributed by atoms with Gasteiger partial charge in [0.25, 0.3) is 10.1 Å². The lowest BCUT2D eigenvalue weighted by molar-refractivity contribution is 0.159. The predicted octanol–water partition coefficient (Wildman–Crippen LogP) is 4.42. The Morgan fingerprint density at radius 3 is 2.43 bits per heavy atom. The van der Waals surface area contributed by atoms with Gasteiger partial charge >= 0.3 is 0 Å². The lowest BCUT2D eigenvalue weighted by Crippen LogP contribution is -2.25. The highest BCUT2D eigenvalue weighted by Gasteiger charge is 2.27. The van der Waals surface area contributed by atoms with Crippen molar-refractivity contribution in [3.8, 4) is 0 Å². The molecule has 0 heterocycles. The van der Waals surface area contributed by atoms with Crippen LogP contribution in [0.2, 0.25) is 0 Å². The van der Waals surface area contributed by atoms with Gasteiger partial charge in [-0.1, -0.05) is 45.1 Å². The van der Waals surface area contributed by atoms with Gasteiger partial charge in [0.1, 0.15) is 0 Å². The molecule has 0 saturated heterocycles. The molecule has 3 atom stereocenters. The molecule has 0 radical (unpaired) electrons. The zero-order chi connectivity index (χ0) is 16.3. The second kappa shape index (κ2) is 10.9. The summed E-state index contributed by atoms with van der Waals surface area (Å²) in [5.74, 6) is 0.227. The van der Waals surface area contributed by atoms with E-state index in [1.165, 1.54) is 0 Å². The van der Waals surface area contributed by atoms with Crippen LogP contribution in [0, 0.1) is 5.92 Å². The molecule has 1 unspecified atom stereocenters. The van der Waals surface area contributed by atoms with Gasteiger partial charge in [-0.15, -0.1) is 0 Å². The van der Waals surface area contributed by atoms with Crippen molar-refractivity contribution in [1.29, 1.82) is 0 Å². The van der Waals surface area contributed by atoms with Crippen LogP contribution in [-0.2, 0) is 14.3 Å². The van der Waals surface area contributed by atoms with Crippen molar-refractivity contribution < 1.29 is 12.6 Å². The van der Waals surface area contributed by atoms with Crippen LogP contribution in [0.15, 0.2) is 5.11 Å². The Balaban J connectivity index is 0.00000191. The summed E-state index contributed by atoms with van der Waals surface area (Å²) < 4.78 is 27.5. The Bertz CT molecular complexity index is 419. The minimum Gasteiger partial charge on any atom is -0.267 e. The van der Waals surface area contributed by atoms with Gasteiger partial charge in [-0.3, -0.25) is 4.18 Å². The van der Waals surface area contributed by atoms with Gasteiger partial charge in [-0.2, -0.15) is 8.42 Å². The van der Waals surface area contributed by atoms with E-state index in [4.69, 9.17) is 9.71 Å². The lowest BCUT2D eigenvalue weighted by Gasteiger charge is -2.25. The SMILES string of the molecule is CC.CCC(C[C@@H]1CCCCC[C@H]1N=[N+]=[N-])OS(C)(=O)=O. The van der Waals surface area contributed by atoms with E-state index in [0.29, 0.717) is 12.8 Å². The molecule has 0 aromatic carbocycles. The molecular weight excluding hydrogens is 290 g/mol. The second-order valence-electron chi connectivity index (χ2n) is 5.24. The van der Waals surface area contributed by atoms with Crippen LogP contribution in [0.5, 0.6) is 0 Å². The van der Waals surface area contributed by atoms with Gasteiger partial charge in [-0.25, -0.2) is 0 Å². The maximum Gasteiger partial charge on any atom is 0.264 e. The lowest BCUT2D eigenvalue weighted by atomic mass is 9.89. The molecule has 7 heteroatoms. The number of hydrogen-bond donors (Lipinski definition) is 0. The monoisotopic (exact) mass is 319 g/mol. The number of azide groups is 1. The normalized spacial score (nSPS) is 24.0. The standard InChI is InChI=1S/C12H23N3O3S.C2H6/c1-3-11(18-19(2,16)17)9-10-7-5-4-6-8-12(10)14-15-13;1-2/h10-12H,3-9H2,1-2H3;1-2H3/t10-,11?,12+;/m0./s1. The van der Waals surface area contributed by atoms with Crippen molar-refractivity contribution in [1.82, 2.24) is 0 Å². The van der Waals surface area contributed by atoms with E-state index in [1.54, 1.807) is 0 Å². The molecule has 0 aromatic rings. The van der Waals surface area contributed by atoms with E-state index in [9.17, 15) is 8.42 Å². The fourth-order valence-electron chi connectivity index (χ4n) is 2.72. The average Bonchev–Trinajstić information content (AvgIpc) is 2.65. The van der Waals surface area contributed by atoms with Crippen molar-refractivity contribution in [2.24, 2.45) is 11.0 Å². The molecule has 1 fully saturated rings. The fourth-order valence-corrected chi connectivity index (χ4v) is 3.43. The van der Waals surface area contributed by atoms with Crippen LogP contribution in [0.1, 0.15) is 65.7 Å². The van der Waals surface area contributed by atoms with Crippen LogP contribution in [0.3, 0.4) is 0 Å². The molecule has 1 aliphatic carbocycles. The Kier molecular flexibility index (Phi) is 10.5. The summed E-state index contributed by atoms with van der Waals surface area (Å²) in [6, 6.07) is -0.0234. The summed E-state index contributed by atoms with van der Waals surface area (Å²) in [6.07, 6.45) is 7.26. The fraction of sp³-hybridized carbons (Fsp3) is 1.00. The van der Waals surface area contributed by atoms with E-state index in [-0.39, 0.29) is 18.1 Å². The van der Waals surface area contributed by atoms with Gasteiger partial charge in [-0.05, 0) is 37.1 Å². The predicted molar refractivity (Wildman–Crippen MR) is 85.5 cm³/mol. The molecule has 0 spiro atoms. The molecule has 1 aliphatic rings. The van der Waals surface area contributed by atoms with Gasteiger partial charge < -0.3 is 0 Å². The number of hydrogen-bond acceptors (Lipinski definition) is 4. The Morgan fingerprint density at radius 1 is 1.29 bits per heavy atom. The smallest absolute Gasteiger partial charge is 0.264 e. The number of rotatable bonds is 6. The molecule has 0 amide bonds. The van der Waals surface area contributed by atoms with Crippen molar-refractivity contribution in [3.05, 3.63) is 10.4 Å². The highest BCUT2D eigenvalue weighted by Crippen LogP contribution is 2.31. The molecule has 1 rings (SSSR count). The highest BCUT2D eigenvalue weighted by atomic mass is 32.2. The second-order valence-corrected chi connectivity index (χ2v) is 6.84. The van der Waals surface area contributed by atoms with Gasteiger partial charge in [0.2, 0.25) is 0 Å². The first-order chi connectivity index (χ1) is 9.96. The largest absolute Gasteiger partial charge is 0.267 e. The molecule has 0 bridgehead atoms. The van der Waals surface area contributed by atoms with Crippen LogP contribution in [0.25, 0.3) is 10.4 Å². The zero-order valence-corrected chi connectivity index (χ0v) is 14.5. The zero-order valence-electron chi connectivity index (χ0n) is 13.7. The van der Waals surface area contributed by atoms with Crippen LogP contribution in [0.4, 0.5) is 0 Å². The summed E-state index contributed by atoms with van der Waals surface area (Å²) in [6.45, 7) is 5.91. The Morgan fingerprint density at radius 2 is 1.90 bits per heavy atom. The van der Waals surface area contributed by atoms with E-state index in [0.717, 1.165) is 38.4 Å². The first-order valence-corrected chi connectivity index (χ1v) is 9.70. The van der Waals surface area contributed by atoms with Crippen molar-refractivity contribution in [2.45, 2.75) is 77.9 Å². The minimum atomic E-state index is -3.43. The van der Waals surface area contributed by atoms with E-state index in [1.807, 2.05) is 20.8 Å². The van der Waals surface area contributed by atoms with Gasteiger partial charge in [0.15, 0.2) is 0 Å². The van der Waals surface area contributed by atoms with E-state index < -0.39 is 10.1 Å².